The molecule has 122 valence electrons. The van der Waals surface area contributed by atoms with Crippen molar-refractivity contribution in [2.75, 3.05) is 26.8 Å². The van der Waals surface area contributed by atoms with E-state index in [1.165, 1.54) is 5.56 Å². The van der Waals surface area contributed by atoms with Crippen molar-refractivity contribution in [1.29, 1.82) is 5.26 Å². The lowest BCUT2D eigenvalue weighted by molar-refractivity contribution is -0.126. The fourth-order valence-corrected chi connectivity index (χ4v) is 3.25. The van der Waals surface area contributed by atoms with Gasteiger partial charge in [0.15, 0.2) is 0 Å². The van der Waals surface area contributed by atoms with Crippen LogP contribution in [0.1, 0.15) is 24.0 Å². The highest BCUT2D eigenvalue weighted by atomic mass is 16.5. The number of ether oxygens (including phenoxy) is 1. The number of carbonyl (C=O) groups excluding carboxylic acids is 1. The predicted octanol–water partition coefficient (Wildman–Crippen LogP) is 1.53. The fraction of sp³-hybridized carbons (Fsp3) is 0.556. The van der Waals surface area contributed by atoms with Gasteiger partial charge in [0.25, 0.3) is 0 Å². The molecule has 1 saturated carbocycles. The Morgan fingerprint density at radius 1 is 1.35 bits per heavy atom. The number of nitrogens with one attached hydrogen (secondary N) is 1. The van der Waals surface area contributed by atoms with Gasteiger partial charge in [-0.15, -0.1) is 0 Å². The summed E-state index contributed by atoms with van der Waals surface area (Å²) < 4.78 is 5.31. The van der Waals surface area contributed by atoms with Gasteiger partial charge in [-0.25, -0.2) is 0 Å². The van der Waals surface area contributed by atoms with E-state index in [9.17, 15) is 4.79 Å². The molecular formula is C18H23N3O2. The Bertz CT molecular complexity index is 589. The average Bonchev–Trinajstić information content (AvgIpc) is 3.28. The maximum absolute atomic E-state index is 12.4. The number of rotatable bonds is 6. The van der Waals surface area contributed by atoms with Gasteiger partial charge in [0, 0.05) is 38.7 Å². The van der Waals surface area contributed by atoms with Gasteiger partial charge in [-0.2, -0.15) is 5.26 Å². The monoisotopic (exact) mass is 313 g/mol. The Morgan fingerprint density at radius 3 is 2.70 bits per heavy atom. The first-order chi connectivity index (χ1) is 11.2. The second-order valence-corrected chi connectivity index (χ2v) is 6.61. The highest BCUT2D eigenvalue weighted by Gasteiger charge is 2.39. The van der Waals surface area contributed by atoms with E-state index in [-0.39, 0.29) is 17.7 Å². The molecular weight excluding hydrogens is 290 g/mol. The molecule has 1 saturated heterocycles. The van der Waals surface area contributed by atoms with Gasteiger partial charge in [0.2, 0.25) is 5.91 Å². The first kappa shape index (κ1) is 16.0. The van der Waals surface area contributed by atoms with E-state index >= 15 is 0 Å². The Balaban J connectivity index is 1.61. The minimum absolute atomic E-state index is 0.00827. The zero-order valence-electron chi connectivity index (χ0n) is 13.5. The molecule has 2 atom stereocenters. The molecule has 1 amide bonds. The van der Waals surface area contributed by atoms with Crippen LogP contribution in [0.2, 0.25) is 0 Å². The zero-order chi connectivity index (χ0) is 16.2. The summed E-state index contributed by atoms with van der Waals surface area (Å²) in [5, 5.41) is 12.0. The lowest BCUT2D eigenvalue weighted by atomic mass is 9.96. The van der Waals surface area contributed by atoms with Gasteiger partial charge in [-0.3, -0.25) is 9.69 Å². The number of hydrogen-bond acceptors (Lipinski definition) is 4. The van der Waals surface area contributed by atoms with Crippen LogP contribution in [0.15, 0.2) is 24.3 Å². The molecule has 1 aromatic carbocycles. The third-order valence-corrected chi connectivity index (χ3v) is 4.65. The summed E-state index contributed by atoms with van der Waals surface area (Å²) in [7, 11) is 1.69. The van der Waals surface area contributed by atoms with E-state index in [2.05, 4.69) is 16.3 Å². The Kier molecular flexibility index (Phi) is 4.94. The molecule has 0 radical (unpaired) electrons. The highest BCUT2D eigenvalue weighted by molar-refractivity contribution is 5.80. The largest absolute Gasteiger partial charge is 0.384 e. The van der Waals surface area contributed by atoms with Gasteiger partial charge in [0.1, 0.15) is 0 Å². The Morgan fingerprint density at radius 2 is 2.09 bits per heavy atom. The molecule has 1 aromatic rings. The van der Waals surface area contributed by atoms with Crippen molar-refractivity contribution in [3.63, 3.8) is 0 Å². The van der Waals surface area contributed by atoms with Crippen LogP contribution in [-0.4, -0.2) is 43.7 Å². The van der Waals surface area contributed by atoms with Crippen molar-refractivity contribution in [2.45, 2.75) is 25.4 Å². The molecule has 5 nitrogen and oxygen atoms in total. The number of benzene rings is 1. The summed E-state index contributed by atoms with van der Waals surface area (Å²) >= 11 is 0. The van der Waals surface area contributed by atoms with Crippen molar-refractivity contribution in [3.05, 3.63) is 35.4 Å². The Hall–Kier alpha value is -1.90. The smallest absolute Gasteiger partial charge is 0.225 e. The quantitative estimate of drug-likeness (QED) is 0.865. The predicted molar refractivity (Wildman–Crippen MR) is 86.5 cm³/mol. The number of hydrogen-bond donors (Lipinski definition) is 1. The molecule has 1 aliphatic carbocycles. The number of nitriles is 1. The van der Waals surface area contributed by atoms with Crippen LogP contribution in [-0.2, 0) is 16.1 Å². The molecule has 1 aliphatic heterocycles. The topological polar surface area (TPSA) is 65.4 Å². The van der Waals surface area contributed by atoms with Gasteiger partial charge in [-0.05, 0) is 30.5 Å². The molecule has 5 heteroatoms. The van der Waals surface area contributed by atoms with Gasteiger partial charge < -0.3 is 10.1 Å². The third kappa shape index (κ3) is 4.10. The summed E-state index contributed by atoms with van der Waals surface area (Å²) in [6.07, 6.45) is 2.23. The molecule has 0 aromatic heterocycles. The van der Waals surface area contributed by atoms with Crippen molar-refractivity contribution < 1.29 is 9.53 Å². The van der Waals surface area contributed by atoms with E-state index in [1.54, 1.807) is 7.11 Å². The molecule has 0 unspecified atom stereocenters. The second-order valence-electron chi connectivity index (χ2n) is 6.61. The normalized spacial score (nSPS) is 24.3. The van der Waals surface area contributed by atoms with Crippen LogP contribution in [0.25, 0.3) is 0 Å². The van der Waals surface area contributed by atoms with Gasteiger partial charge in [-0.1, -0.05) is 12.1 Å². The maximum Gasteiger partial charge on any atom is 0.225 e. The van der Waals surface area contributed by atoms with Crippen molar-refractivity contribution in [2.24, 2.45) is 11.8 Å². The summed E-state index contributed by atoms with van der Waals surface area (Å²) in [4.78, 5) is 14.7. The van der Waals surface area contributed by atoms with Crippen LogP contribution in [0, 0.1) is 23.2 Å². The van der Waals surface area contributed by atoms with E-state index in [1.807, 2.05) is 24.3 Å². The summed E-state index contributed by atoms with van der Waals surface area (Å²) in [6.45, 7) is 3.06. The first-order valence-corrected chi connectivity index (χ1v) is 8.20. The summed E-state index contributed by atoms with van der Waals surface area (Å²) in [5.74, 6) is 0.433. The molecule has 3 rings (SSSR count). The average molecular weight is 313 g/mol. The molecule has 0 spiro atoms. The van der Waals surface area contributed by atoms with Crippen molar-refractivity contribution in [1.82, 2.24) is 10.2 Å². The number of methoxy groups -OCH3 is 1. The fourth-order valence-electron chi connectivity index (χ4n) is 3.25. The van der Waals surface area contributed by atoms with Crippen LogP contribution >= 0.6 is 0 Å². The van der Waals surface area contributed by atoms with Crippen molar-refractivity contribution >= 4 is 5.91 Å². The van der Waals surface area contributed by atoms with E-state index in [0.717, 1.165) is 32.5 Å². The molecule has 1 N–H and O–H groups in total. The minimum Gasteiger partial charge on any atom is -0.384 e. The summed E-state index contributed by atoms with van der Waals surface area (Å²) in [6, 6.07) is 10.2. The molecule has 0 bridgehead atoms. The van der Waals surface area contributed by atoms with Crippen LogP contribution in [0.4, 0.5) is 0 Å². The lowest BCUT2D eigenvalue weighted by Gasteiger charge is -2.16. The summed E-state index contributed by atoms with van der Waals surface area (Å²) in [5.41, 5.74) is 1.84. The lowest BCUT2D eigenvalue weighted by Crippen LogP contribution is -2.37. The van der Waals surface area contributed by atoms with E-state index < -0.39 is 0 Å². The van der Waals surface area contributed by atoms with Gasteiger partial charge in [0.05, 0.1) is 24.2 Å². The number of carbonyl (C=O) groups is 1. The Labute approximate surface area is 137 Å². The van der Waals surface area contributed by atoms with E-state index in [4.69, 9.17) is 10.00 Å². The maximum atomic E-state index is 12.4. The van der Waals surface area contributed by atoms with Crippen LogP contribution in [0.3, 0.4) is 0 Å². The first-order valence-electron chi connectivity index (χ1n) is 8.20. The second kappa shape index (κ2) is 7.12. The molecule has 1 heterocycles. The molecule has 2 fully saturated rings. The molecule has 2 aliphatic rings. The van der Waals surface area contributed by atoms with Crippen molar-refractivity contribution in [3.8, 4) is 6.07 Å². The van der Waals surface area contributed by atoms with Crippen LogP contribution in [0.5, 0.6) is 0 Å². The third-order valence-electron chi connectivity index (χ3n) is 4.65. The number of likely N-dealkylation sites (tertiary alicyclic amines) is 1. The highest BCUT2D eigenvalue weighted by Crippen LogP contribution is 2.27. The standard InChI is InChI=1S/C18H23N3O2/c1-23-12-15-10-21(9-14-4-2-13(8-19)3-5-14)11-17(15)18(22)20-16-6-7-16/h2-5,15-17H,6-7,9-12H2,1H3,(H,20,22)/t15-,17+/m0/s1. The van der Waals surface area contributed by atoms with E-state index in [0.29, 0.717) is 18.2 Å². The molecule has 23 heavy (non-hydrogen) atoms. The zero-order valence-corrected chi connectivity index (χ0v) is 13.5. The number of amides is 1. The minimum atomic E-state index is 0.00827. The van der Waals surface area contributed by atoms with Crippen LogP contribution < -0.4 is 5.32 Å². The van der Waals surface area contributed by atoms with Gasteiger partial charge >= 0.3 is 0 Å². The number of nitrogens with zero attached hydrogens (tertiary/aromatic N) is 2. The SMILES string of the molecule is COC[C@@H]1CN(Cc2ccc(C#N)cc2)C[C@H]1C(=O)NC1CC1.